The fourth-order valence-corrected chi connectivity index (χ4v) is 2.88. The molecule has 19 heavy (non-hydrogen) atoms. The highest BCUT2D eigenvalue weighted by Gasteiger charge is 2.13. The van der Waals surface area contributed by atoms with E-state index in [0.717, 1.165) is 11.1 Å². The molecule has 0 heterocycles. The summed E-state index contributed by atoms with van der Waals surface area (Å²) >= 11 is 1.84. The molecule has 2 rings (SSSR count). The van der Waals surface area contributed by atoms with Gasteiger partial charge >= 0.3 is 0 Å². The molecule has 0 saturated carbocycles. The molecule has 0 aromatic heterocycles. The molecule has 0 radical (unpaired) electrons. The lowest BCUT2D eigenvalue weighted by Gasteiger charge is -2.18. The molecular formula is C17H20OS. The number of rotatable bonds is 3. The van der Waals surface area contributed by atoms with E-state index in [1.165, 1.54) is 4.90 Å². The zero-order valence-corrected chi connectivity index (χ0v) is 12.4. The molecule has 0 spiro atoms. The summed E-state index contributed by atoms with van der Waals surface area (Å²) in [6, 6.07) is 17.9. The highest BCUT2D eigenvalue weighted by atomic mass is 32.2. The maximum absolute atomic E-state index is 10.3. The van der Waals surface area contributed by atoms with Crippen LogP contribution >= 0.6 is 11.8 Å². The number of aliphatic hydroxyl groups excluding tert-OH is 1. The summed E-state index contributed by atoms with van der Waals surface area (Å²) in [6.07, 6.45) is -0.546. The van der Waals surface area contributed by atoms with Gasteiger partial charge in [-0.2, -0.15) is 0 Å². The van der Waals surface area contributed by atoms with Crippen molar-refractivity contribution in [3.05, 3.63) is 65.7 Å². The van der Waals surface area contributed by atoms with Crippen LogP contribution in [0.5, 0.6) is 0 Å². The summed E-state index contributed by atoms with van der Waals surface area (Å²) < 4.78 is 0.208. The molecule has 0 aliphatic carbocycles. The molecule has 0 saturated heterocycles. The maximum atomic E-state index is 10.3. The summed E-state index contributed by atoms with van der Waals surface area (Å²) in [7, 11) is 0. The van der Waals surface area contributed by atoms with Gasteiger partial charge in [0.1, 0.15) is 6.10 Å². The topological polar surface area (TPSA) is 20.2 Å². The Morgan fingerprint density at radius 1 is 0.842 bits per heavy atom. The Balaban J connectivity index is 2.15. The Morgan fingerprint density at radius 3 is 1.89 bits per heavy atom. The third kappa shape index (κ3) is 4.12. The number of thioether (sulfide) groups is 1. The van der Waals surface area contributed by atoms with E-state index in [1.54, 1.807) is 0 Å². The Labute approximate surface area is 119 Å². The lowest BCUT2D eigenvalue weighted by atomic mass is 10.0. The second-order valence-electron chi connectivity index (χ2n) is 5.60. The van der Waals surface area contributed by atoms with Crippen molar-refractivity contribution in [3.8, 4) is 0 Å². The fraction of sp³-hybridized carbons (Fsp3) is 0.294. The molecule has 0 fully saturated rings. The van der Waals surface area contributed by atoms with Gasteiger partial charge in [-0.15, -0.1) is 11.8 Å². The minimum atomic E-state index is -0.546. The zero-order chi connectivity index (χ0) is 13.9. The van der Waals surface area contributed by atoms with E-state index in [1.807, 2.05) is 54.2 Å². The first-order chi connectivity index (χ1) is 8.96. The summed E-state index contributed by atoms with van der Waals surface area (Å²) in [4.78, 5) is 1.23. The Hall–Kier alpha value is -1.25. The highest BCUT2D eigenvalue weighted by molar-refractivity contribution is 8.00. The monoisotopic (exact) mass is 272 g/mol. The van der Waals surface area contributed by atoms with Crippen LogP contribution in [-0.2, 0) is 0 Å². The van der Waals surface area contributed by atoms with Crippen LogP contribution in [0.15, 0.2) is 59.5 Å². The van der Waals surface area contributed by atoms with Gasteiger partial charge in [0.25, 0.3) is 0 Å². The number of aliphatic hydroxyl groups is 1. The van der Waals surface area contributed by atoms with Gasteiger partial charge in [0, 0.05) is 9.64 Å². The van der Waals surface area contributed by atoms with Crippen LogP contribution in [0.4, 0.5) is 0 Å². The normalized spacial score (nSPS) is 13.3. The van der Waals surface area contributed by atoms with Gasteiger partial charge in [0.15, 0.2) is 0 Å². The van der Waals surface area contributed by atoms with Gasteiger partial charge in [0.05, 0.1) is 0 Å². The second-order valence-corrected chi connectivity index (χ2v) is 7.50. The number of benzene rings is 2. The molecule has 0 amide bonds. The molecule has 1 unspecified atom stereocenters. The van der Waals surface area contributed by atoms with Crippen LogP contribution in [0.25, 0.3) is 0 Å². The van der Waals surface area contributed by atoms with Crippen molar-refractivity contribution in [3.63, 3.8) is 0 Å². The van der Waals surface area contributed by atoms with Crippen molar-refractivity contribution in [1.82, 2.24) is 0 Å². The van der Waals surface area contributed by atoms with E-state index in [-0.39, 0.29) is 4.75 Å². The molecule has 0 aliphatic rings. The average molecular weight is 272 g/mol. The fourth-order valence-electron chi connectivity index (χ4n) is 1.90. The SMILES string of the molecule is CC(C)(C)Sc1ccc(C(O)c2ccccc2)cc1. The van der Waals surface area contributed by atoms with Crippen molar-refractivity contribution < 1.29 is 5.11 Å². The van der Waals surface area contributed by atoms with Crippen LogP contribution in [-0.4, -0.2) is 9.85 Å². The number of hydrogen-bond acceptors (Lipinski definition) is 2. The first-order valence-electron chi connectivity index (χ1n) is 6.48. The first kappa shape index (κ1) is 14.2. The molecule has 1 N–H and O–H groups in total. The number of hydrogen-bond donors (Lipinski definition) is 1. The smallest absolute Gasteiger partial charge is 0.104 e. The predicted octanol–water partition coefficient (Wildman–Crippen LogP) is 4.66. The van der Waals surface area contributed by atoms with E-state index in [2.05, 4.69) is 32.9 Å². The van der Waals surface area contributed by atoms with E-state index in [9.17, 15) is 5.11 Å². The lowest BCUT2D eigenvalue weighted by Crippen LogP contribution is -2.06. The Morgan fingerprint density at radius 2 is 1.37 bits per heavy atom. The minimum Gasteiger partial charge on any atom is -0.384 e. The Bertz CT molecular complexity index is 511. The zero-order valence-electron chi connectivity index (χ0n) is 11.6. The maximum Gasteiger partial charge on any atom is 0.104 e. The van der Waals surface area contributed by atoms with E-state index in [4.69, 9.17) is 0 Å². The summed E-state index contributed by atoms with van der Waals surface area (Å²) in [5.74, 6) is 0. The van der Waals surface area contributed by atoms with Gasteiger partial charge in [0.2, 0.25) is 0 Å². The third-order valence-corrected chi connectivity index (χ3v) is 3.86. The van der Waals surface area contributed by atoms with Crippen molar-refractivity contribution >= 4 is 11.8 Å². The van der Waals surface area contributed by atoms with Crippen LogP contribution in [0.1, 0.15) is 38.0 Å². The molecule has 2 aromatic rings. The van der Waals surface area contributed by atoms with E-state index in [0.29, 0.717) is 0 Å². The standard InChI is InChI=1S/C17H20OS/c1-17(2,3)19-15-11-9-14(10-12-15)16(18)13-7-5-4-6-8-13/h4-12,16,18H,1-3H3. The van der Waals surface area contributed by atoms with Gasteiger partial charge in [-0.25, -0.2) is 0 Å². The van der Waals surface area contributed by atoms with E-state index < -0.39 is 6.10 Å². The molecule has 100 valence electrons. The van der Waals surface area contributed by atoms with Crippen molar-refractivity contribution in [1.29, 1.82) is 0 Å². The van der Waals surface area contributed by atoms with Gasteiger partial charge < -0.3 is 5.11 Å². The quantitative estimate of drug-likeness (QED) is 0.820. The van der Waals surface area contributed by atoms with Crippen LogP contribution in [0.2, 0.25) is 0 Å². The molecule has 0 bridgehead atoms. The predicted molar refractivity (Wildman–Crippen MR) is 82.6 cm³/mol. The molecule has 1 atom stereocenters. The molecule has 2 aromatic carbocycles. The van der Waals surface area contributed by atoms with Crippen molar-refractivity contribution in [2.75, 3.05) is 0 Å². The van der Waals surface area contributed by atoms with E-state index >= 15 is 0 Å². The molecule has 2 heteroatoms. The molecule has 1 nitrogen and oxygen atoms in total. The van der Waals surface area contributed by atoms with Gasteiger partial charge in [-0.1, -0.05) is 63.2 Å². The van der Waals surface area contributed by atoms with Crippen LogP contribution < -0.4 is 0 Å². The summed E-state index contributed by atoms with van der Waals surface area (Å²) in [5.41, 5.74) is 1.86. The lowest BCUT2D eigenvalue weighted by molar-refractivity contribution is 0.220. The minimum absolute atomic E-state index is 0.208. The third-order valence-electron chi connectivity index (χ3n) is 2.74. The molecule has 0 aliphatic heterocycles. The van der Waals surface area contributed by atoms with Crippen molar-refractivity contribution in [2.45, 2.75) is 36.5 Å². The van der Waals surface area contributed by atoms with Crippen LogP contribution in [0, 0.1) is 0 Å². The van der Waals surface area contributed by atoms with Crippen LogP contribution in [0.3, 0.4) is 0 Å². The largest absolute Gasteiger partial charge is 0.384 e. The average Bonchev–Trinajstić information content (AvgIpc) is 2.38. The van der Waals surface area contributed by atoms with Gasteiger partial charge in [-0.3, -0.25) is 0 Å². The van der Waals surface area contributed by atoms with Crippen molar-refractivity contribution in [2.24, 2.45) is 0 Å². The summed E-state index contributed by atoms with van der Waals surface area (Å²) in [5, 5.41) is 10.3. The van der Waals surface area contributed by atoms with Gasteiger partial charge in [-0.05, 0) is 23.3 Å². The summed E-state index contributed by atoms with van der Waals surface area (Å²) in [6.45, 7) is 6.60. The first-order valence-corrected chi connectivity index (χ1v) is 7.29. The molecular weight excluding hydrogens is 252 g/mol. The second kappa shape index (κ2) is 5.81. The highest BCUT2D eigenvalue weighted by Crippen LogP contribution is 2.32. The Kier molecular flexibility index (Phi) is 4.33.